The van der Waals surface area contributed by atoms with Gasteiger partial charge in [0.1, 0.15) is 12.1 Å². The fraction of sp³-hybridized carbons (Fsp3) is 0.286. The molecule has 0 spiro atoms. The summed E-state index contributed by atoms with van der Waals surface area (Å²) in [6.45, 7) is 2.32. The third-order valence-corrected chi connectivity index (χ3v) is 6.29. The van der Waals surface area contributed by atoms with Gasteiger partial charge in [-0.05, 0) is 42.2 Å². The molecule has 8 heteroatoms. The van der Waals surface area contributed by atoms with Crippen LogP contribution in [0.5, 0.6) is 0 Å². The Bertz CT molecular complexity index is 1030. The minimum atomic E-state index is -1.31. The summed E-state index contributed by atoms with van der Waals surface area (Å²) in [5.74, 6) is -0.756. The lowest BCUT2D eigenvalue weighted by molar-refractivity contribution is -0.139. The summed E-state index contributed by atoms with van der Waals surface area (Å²) in [7, 11) is 0. The van der Waals surface area contributed by atoms with Crippen molar-refractivity contribution in [3.05, 3.63) is 69.2 Å². The summed E-state index contributed by atoms with van der Waals surface area (Å²) in [4.78, 5) is 41.0. The van der Waals surface area contributed by atoms with E-state index in [0.29, 0.717) is 23.7 Å². The first kappa shape index (κ1) is 19.7. The second-order valence-electron chi connectivity index (χ2n) is 7.41. The molecular weight excluding hydrogens is 413 g/mol. The number of hydrogen-bond acceptors (Lipinski definition) is 3. The molecular formula is C21H19Cl2N3O3. The van der Waals surface area contributed by atoms with Crippen LogP contribution >= 0.6 is 23.2 Å². The lowest BCUT2D eigenvalue weighted by Gasteiger charge is -2.30. The number of halogens is 2. The van der Waals surface area contributed by atoms with Crippen LogP contribution in [0.2, 0.25) is 10.0 Å². The average molecular weight is 432 g/mol. The van der Waals surface area contributed by atoms with Gasteiger partial charge in [0.2, 0.25) is 5.91 Å². The van der Waals surface area contributed by atoms with Crippen molar-refractivity contribution < 1.29 is 14.4 Å². The van der Waals surface area contributed by atoms with Gasteiger partial charge in [0.05, 0.1) is 10.0 Å². The molecule has 0 bridgehead atoms. The number of nitrogens with one attached hydrogen (secondary N) is 1. The van der Waals surface area contributed by atoms with Crippen LogP contribution in [0.3, 0.4) is 0 Å². The monoisotopic (exact) mass is 431 g/mol. The summed E-state index contributed by atoms with van der Waals surface area (Å²) in [5, 5.41) is 3.32. The first-order valence-corrected chi connectivity index (χ1v) is 9.99. The topological polar surface area (TPSA) is 69.7 Å². The second kappa shape index (κ2) is 7.35. The van der Waals surface area contributed by atoms with Crippen LogP contribution in [0.1, 0.15) is 23.6 Å². The molecule has 4 rings (SSSR count). The Morgan fingerprint density at radius 1 is 1.10 bits per heavy atom. The van der Waals surface area contributed by atoms with Gasteiger partial charge in [0.15, 0.2) is 0 Å². The fourth-order valence-electron chi connectivity index (χ4n) is 3.79. The predicted molar refractivity (Wildman–Crippen MR) is 110 cm³/mol. The summed E-state index contributed by atoms with van der Waals surface area (Å²) in [6, 6.07) is 12.1. The van der Waals surface area contributed by atoms with Gasteiger partial charge in [0.25, 0.3) is 5.91 Å². The third kappa shape index (κ3) is 3.47. The Labute approximate surface area is 178 Å². The molecule has 6 nitrogen and oxygen atoms in total. The van der Waals surface area contributed by atoms with Crippen LogP contribution in [-0.4, -0.2) is 40.7 Å². The predicted octanol–water partition coefficient (Wildman–Crippen LogP) is 3.35. The van der Waals surface area contributed by atoms with Gasteiger partial charge >= 0.3 is 6.03 Å². The van der Waals surface area contributed by atoms with E-state index in [9.17, 15) is 14.4 Å². The molecule has 1 fully saturated rings. The maximum atomic E-state index is 13.0. The Morgan fingerprint density at radius 2 is 1.83 bits per heavy atom. The van der Waals surface area contributed by atoms with Crippen LogP contribution < -0.4 is 5.32 Å². The number of imide groups is 1. The Hall–Kier alpha value is -2.57. The molecule has 2 aromatic rings. The van der Waals surface area contributed by atoms with Gasteiger partial charge in [-0.1, -0.05) is 53.5 Å². The van der Waals surface area contributed by atoms with Gasteiger partial charge in [0, 0.05) is 13.1 Å². The minimum absolute atomic E-state index is 0.263. The SMILES string of the molecule is C[C@@]1(c2ccc(Cl)c(Cl)c2)NC(=O)N(CC(=O)N2CCc3ccccc3C2)C1=O. The van der Waals surface area contributed by atoms with Crippen molar-refractivity contribution in [3.63, 3.8) is 0 Å². The van der Waals surface area contributed by atoms with Gasteiger partial charge in [-0.25, -0.2) is 4.79 Å². The van der Waals surface area contributed by atoms with E-state index in [-0.39, 0.29) is 17.5 Å². The molecule has 1 N–H and O–H groups in total. The standard InChI is InChI=1S/C21H19Cl2N3O3/c1-21(15-6-7-16(22)17(23)10-15)19(28)26(20(29)24-21)12-18(27)25-9-8-13-4-2-3-5-14(13)11-25/h2-7,10H,8-9,11-12H2,1H3,(H,24,29)/t21-/m0/s1. The Balaban J connectivity index is 1.51. The van der Waals surface area contributed by atoms with Crippen molar-refractivity contribution in [2.24, 2.45) is 0 Å². The van der Waals surface area contributed by atoms with E-state index in [0.717, 1.165) is 16.9 Å². The number of urea groups is 1. The lowest BCUT2D eigenvalue weighted by atomic mass is 9.92. The first-order chi connectivity index (χ1) is 13.8. The summed E-state index contributed by atoms with van der Waals surface area (Å²) < 4.78 is 0. The number of nitrogens with zero attached hydrogens (tertiary/aromatic N) is 2. The summed E-state index contributed by atoms with van der Waals surface area (Å²) in [6.07, 6.45) is 0.753. The van der Waals surface area contributed by atoms with Crippen LogP contribution in [-0.2, 0) is 28.1 Å². The zero-order chi connectivity index (χ0) is 20.8. The summed E-state index contributed by atoms with van der Waals surface area (Å²) >= 11 is 12.0. The highest BCUT2D eigenvalue weighted by atomic mass is 35.5. The van der Waals surface area contributed by atoms with Crippen molar-refractivity contribution in [1.82, 2.24) is 15.1 Å². The zero-order valence-electron chi connectivity index (χ0n) is 15.7. The molecule has 0 saturated carbocycles. The number of carbonyl (C=O) groups is 3. The van der Waals surface area contributed by atoms with Crippen molar-refractivity contribution in [2.45, 2.75) is 25.4 Å². The minimum Gasteiger partial charge on any atom is -0.336 e. The molecule has 0 aromatic heterocycles. The largest absolute Gasteiger partial charge is 0.336 e. The molecule has 2 aliphatic heterocycles. The third-order valence-electron chi connectivity index (χ3n) is 5.55. The van der Waals surface area contributed by atoms with E-state index in [2.05, 4.69) is 11.4 Å². The number of amides is 4. The van der Waals surface area contributed by atoms with E-state index >= 15 is 0 Å². The van der Waals surface area contributed by atoms with Gasteiger partial charge < -0.3 is 10.2 Å². The number of hydrogen-bond donors (Lipinski definition) is 1. The molecule has 4 amide bonds. The molecule has 0 aliphatic carbocycles. The van der Waals surface area contributed by atoms with Gasteiger partial charge in [-0.3, -0.25) is 14.5 Å². The van der Waals surface area contributed by atoms with Crippen molar-refractivity contribution in [2.75, 3.05) is 13.1 Å². The molecule has 150 valence electrons. The molecule has 2 heterocycles. The van der Waals surface area contributed by atoms with E-state index in [1.807, 2.05) is 18.2 Å². The number of rotatable bonds is 3. The van der Waals surface area contributed by atoms with Crippen LogP contribution in [0.4, 0.5) is 4.79 Å². The van der Waals surface area contributed by atoms with E-state index in [1.54, 1.807) is 30.0 Å². The van der Waals surface area contributed by atoms with Crippen LogP contribution in [0.15, 0.2) is 42.5 Å². The van der Waals surface area contributed by atoms with E-state index < -0.39 is 17.5 Å². The Kier molecular flexibility index (Phi) is 5.00. The summed E-state index contributed by atoms with van der Waals surface area (Å²) in [5.41, 5.74) is 1.51. The highest BCUT2D eigenvalue weighted by Gasteiger charge is 2.50. The highest BCUT2D eigenvalue weighted by molar-refractivity contribution is 6.42. The quantitative estimate of drug-likeness (QED) is 0.757. The molecule has 1 saturated heterocycles. The van der Waals surface area contributed by atoms with E-state index in [4.69, 9.17) is 23.2 Å². The second-order valence-corrected chi connectivity index (χ2v) is 8.22. The molecule has 0 radical (unpaired) electrons. The highest BCUT2D eigenvalue weighted by Crippen LogP contribution is 2.33. The maximum Gasteiger partial charge on any atom is 0.325 e. The van der Waals surface area contributed by atoms with Crippen molar-refractivity contribution >= 4 is 41.0 Å². The van der Waals surface area contributed by atoms with Gasteiger partial charge in [-0.15, -0.1) is 0 Å². The number of fused-ring (bicyclic) bond motifs is 1. The average Bonchev–Trinajstić information content (AvgIpc) is 2.93. The molecule has 29 heavy (non-hydrogen) atoms. The fourth-order valence-corrected chi connectivity index (χ4v) is 4.09. The smallest absolute Gasteiger partial charge is 0.325 e. The van der Waals surface area contributed by atoms with Crippen LogP contribution in [0.25, 0.3) is 0 Å². The molecule has 0 unspecified atom stereocenters. The normalized spacial score (nSPS) is 21.2. The van der Waals surface area contributed by atoms with E-state index in [1.165, 1.54) is 5.56 Å². The zero-order valence-corrected chi connectivity index (χ0v) is 17.3. The first-order valence-electron chi connectivity index (χ1n) is 9.24. The Morgan fingerprint density at radius 3 is 2.55 bits per heavy atom. The molecule has 1 atom stereocenters. The molecule has 2 aromatic carbocycles. The van der Waals surface area contributed by atoms with Crippen molar-refractivity contribution in [1.29, 1.82) is 0 Å². The number of carbonyl (C=O) groups excluding carboxylic acids is 3. The van der Waals surface area contributed by atoms with Crippen molar-refractivity contribution in [3.8, 4) is 0 Å². The number of benzene rings is 2. The molecule has 2 aliphatic rings. The lowest BCUT2D eigenvalue weighted by Crippen LogP contribution is -2.45. The maximum absolute atomic E-state index is 13.0. The van der Waals surface area contributed by atoms with Gasteiger partial charge in [-0.2, -0.15) is 0 Å². The van der Waals surface area contributed by atoms with Crippen LogP contribution in [0, 0.1) is 0 Å².